The number of ether oxygens (including phenoxy) is 1. The molecule has 0 spiro atoms. The van der Waals surface area contributed by atoms with Crippen molar-refractivity contribution in [1.29, 1.82) is 0 Å². The van der Waals surface area contributed by atoms with Crippen molar-refractivity contribution in [2.24, 2.45) is 0 Å². The number of quaternary nitrogens is 1. The molecule has 4 nitrogen and oxygen atoms in total. The summed E-state index contributed by atoms with van der Waals surface area (Å²) in [6.45, 7) is 6.45. The van der Waals surface area contributed by atoms with Gasteiger partial charge in [-0.15, -0.1) is 0 Å². The first kappa shape index (κ1) is 20.1. The van der Waals surface area contributed by atoms with Crippen molar-refractivity contribution >= 4 is 5.97 Å². The van der Waals surface area contributed by atoms with E-state index in [2.05, 4.69) is 13.5 Å². The Hall–Kier alpha value is -0.870. The Bertz CT molecular complexity index is 290. The van der Waals surface area contributed by atoms with Crippen molar-refractivity contribution in [2.75, 3.05) is 27.4 Å². The van der Waals surface area contributed by atoms with Crippen LogP contribution in [0.4, 0.5) is 0 Å². The summed E-state index contributed by atoms with van der Waals surface area (Å²) in [6.07, 6.45) is 10.4. The molecule has 124 valence electrons. The van der Waals surface area contributed by atoms with Gasteiger partial charge < -0.3 is 9.84 Å². The van der Waals surface area contributed by atoms with Crippen LogP contribution in [0.1, 0.15) is 58.3 Å². The van der Waals surface area contributed by atoms with E-state index in [-0.39, 0.29) is 12.8 Å². The Balaban J connectivity index is 3.68. The molecule has 0 aromatic rings. The maximum absolute atomic E-state index is 11.1. The summed E-state index contributed by atoms with van der Waals surface area (Å²) in [7, 11) is 3.90. The van der Waals surface area contributed by atoms with Crippen molar-refractivity contribution in [3.05, 3.63) is 12.7 Å². The highest BCUT2D eigenvalue weighted by molar-refractivity contribution is 5.81. The van der Waals surface area contributed by atoms with Crippen LogP contribution in [0, 0.1) is 0 Å². The highest BCUT2D eigenvalue weighted by atomic mass is 16.5. The number of carbonyl (C=O) groups excluding carboxylic acids is 1. The monoisotopic (exact) mass is 300 g/mol. The van der Waals surface area contributed by atoms with Gasteiger partial charge in [-0.05, 0) is 6.42 Å². The van der Waals surface area contributed by atoms with Crippen molar-refractivity contribution < 1.29 is 19.1 Å². The second-order valence-corrected chi connectivity index (χ2v) is 6.48. The zero-order chi connectivity index (χ0) is 16.1. The Morgan fingerprint density at radius 3 is 2.33 bits per heavy atom. The van der Waals surface area contributed by atoms with E-state index in [4.69, 9.17) is 4.74 Å². The summed E-state index contributed by atoms with van der Waals surface area (Å²) in [4.78, 5) is 11.1. The maximum Gasteiger partial charge on any atom is 0.334 e. The molecule has 0 bridgehead atoms. The van der Waals surface area contributed by atoms with Gasteiger partial charge in [-0.25, -0.2) is 4.79 Å². The number of nitrogens with zero attached hydrogens (tertiary/aromatic N) is 1. The quantitative estimate of drug-likeness (QED) is 0.187. The summed E-state index contributed by atoms with van der Waals surface area (Å²) >= 11 is 0. The molecular formula is C17H34NO3+. The molecule has 0 aliphatic carbocycles. The molecule has 0 amide bonds. The topological polar surface area (TPSA) is 46.5 Å². The van der Waals surface area contributed by atoms with Crippen molar-refractivity contribution in [2.45, 2.75) is 64.4 Å². The molecule has 1 N–H and O–H groups in total. The Morgan fingerprint density at radius 2 is 1.76 bits per heavy atom. The normalized spacial score (nSPS) is 13.0. The van der Waals surface area contributed by atoms with Crippen LogP contribution < -0.4 is 0 Å². The lowest BCUT2D eigenvalue weighted by molar-refractivity contribution is -0.910. The van der Waals surface area contributed by atoms with Gasteiger partial charge in [0.2, 0.25) is 6.73 Å². The lowest BCUT2D eigenvalue weighted by Crippen LogP contribution is -2.47. The van der Waals surface area contributed by atoms with Crippen molar-refractivity contribution in [3.63, 3.8) is 0 Å². The molecule has 4 heteroatoms. The molecule has 0 fully saturated rings. The Morgan fingerprint density at radius 1 is 1.19 bits per heavy atom. The van der Waals surface area contributed by atoms with Gasteiger partial charge in [0, 0.05) is 6.08 Å². The maximum atomic E-state index is 11.1. The van der Waals surface area contributed by atoms with E-state index in [1.165, 1.54) is 38.5 Å². The molecule has 0 aliphatic rings. The summed E-state index contributed by atoms with van der Waals surface area (Å²) in [5.74, 6) is -0.414. The summed E-state index contributed by atoms with van der Waals surface area (Å²) < 4.78 is 5.51. The fourth-order valence-corrected chi connectivity index (χ4v) is 2.35. The molecule has 1 atom stereocenters. The van der Waals surface area contributed by atoms with Gasteiger partial charge in [-0.3, -0.25) is 4.48 Å². The molecule has 0 saturated heterocycles. The van der Waals surface area contributed by atoms with Gasteiger partial charge in [0.15, 0.2) is 0 Å². The average molecular weight is 300 g/mol. The van der Waals surface area contributed by atoms with E-state index in [1.807, 2.05) is 14.1 Å². The molecule has 0 aromatic heterocycles. The summed E-state index contributed by atoms with van der Waals surface area (Å²) in [5.41, 5.74) is 0. The highest BCUT2D eigenvalue weighted by Crippen LogP contribution is 2.11. The molecule has 0 aromatic carbocycles. The van der Waals surface area contributed by atoms with Gasteiger partial charge in [0.05, 0.1) is 14.1 Å². The zero-order valence-corrected chi connectivity index (χ0v) is 14.1. The number of hydrogen-bond acceptors (Lipinski definition) is 3. The number of likely N-dealkylation sites (N-methyl/N-ethyl adjacent to an activating group) is 1. The predicted molar refractivity (Wildman–Crippen MR) is 86.7 cm³/mol. The highest BCUT2D eigenvalue weighted by Gasteiger charge is 2.21. The predicted octanol–water partition coefficient (Wildman–Crippen LogP) is 3.25. The van der Waals surface area contributed by atoms with E-state index in [0.717, 1.165) is 18.9 Å². The first-order chi connectivity index (χ1) is 9.91. The van der Waals surface area contributed by atoms with E-state index in [9.17, 15) is 9.90 Å². The Labute approximate surface area is 130 Å². The van der Waals surface area contributed by atoms with Crippen molar-refractivity contribution in [1.82, 2.24) is 0 Å². The molecule has 0 heterocycles. The van der Waals surface area contributed by atoms with Gasteiger partial charge in [-0.2, -0.15) is 0 Å². The van der Waals surface area contributed by atoms with Crippen LogP contribution in [-0.4, -0.2) is 49.0 Å². The fourth-order valence-electron chi connectivity index (χ4n) is 2.35. The number of esters is 1. The third-order valence-electron chi connectivity index (χ3n) is 3.57. The lowest BCUT2D eigenvalue weighted by Gasteiger charge is -2.30. The SMILES string of the molecule is C=CC(=O)OC[N+](C)(C)CC(O)CCCCCCCCC. The van der Waals surface area contributed by atoms with Gasteiger partial charge in [0.25, 0.3) is 0 Å². The second-order valence-electron chi connectivity index (χ2n) is 6.48. The van der Waals surface area contributed by atoms with Crippen molar-refractivity contribution in [3.8, 4) is 0 Å². The summed E-state index contributed by atoms with van der Waals surface area (Å²) in [5, 5.41) is 10.1. The van der Waals surface area contributed by atoms with Gasteiger partial charge in [-0.1, -0.05) is 58.4 Å². The fraction of sp³-hybridized carbons (Fsp3) is 0.824. The van der Waals surface area contributed by atoms with Crippen LogP contribution in [0.3, 0.4) is 0 Å². The first-order valence-electron chi connectivity index (χ1n) is 8.20. The minimum atomic E-state index is -0.414. The Kier molecular flexibility index (Phi) is 11.3. The van der Waals surface area contributed by atoms with Crippen LogP contribution >= 0.6 is 0 Å². The van der Waals surface area contributed by atoms with E-state index >= 15 is 0 Å². The molecule has 21 heavy (non-hydrogen) atoms. The van der Waals surface area contributed by atoms with E-state index in [0.29, 0.717) is 11.0 Å². The standard InChI is InChI=1S/C17H34NO3/c1-5-7-8-9-10-11-12-13-16(19)14-18(3,4)15-21-17(20)6-2/h6,16,19H,2,5,7-15H2,1,3-4H3/q+1. The first-order valence-corrected chi connectivity index (χ1v) is 8.20. The van der Waals surface area contributed by atoms with E-state index in [1.54, 1.807) is 0 Å². The smallest absolute Gasteiger partial charge is 0.334 e. The molecule has 0 rings (SSSR count). The molecule has 0 saturated carbocycles. The minimum absolute atomic E-state index is 0.263. The van der Waals surface area contributed by atoms with Gasteiger partial charge >= 0.3 is 5.97 Å². The zero-order valence-electron chi connectivity index (χ0n) is 14.1. The second kappa shape index (κ2) is 11.8. The molecular weight excluding hydrogens is 266 g/mol. The van der Waals surface area contributed by atoms with Crippen LogP contribution in [0.25, 0.3) is 0 Å². The van der Waals surface area contributed by atoms with Crippen LogP contribution in [-0.2, 0) is 9.53 Å². The number of rotatable bonds is 13. The van der Waals surface area contributed by atoms with Crippen LogP contribution in [0.5, 0.6) is 0 Å². The average Bonchev–Trinajstić information content (AvgIpc) is 2.43. The van der Waals surface area contributed by atoms with E-state index < -0.39 is 5.97 Å². The molecule has 1 unspecified atom stereocenters. The third-order valence-corrected chi connectivity index (χ3v) is 3.57. The number of hydrogen-bond donors (Lipinski definition) is 1. The number of aliphatic hydroxyl groups is 1. The number of carbonyl (C=O) groups is 1. The van der Waals surface area contributed by atoms with Gasteiger partial charge in [0.1, 0.15) is 12.6 Å². The summed E-state index contributed by atoms with van der Waals surface area (Å²) in [6, 6.07) is 0. The van der Waals surface area contributed by atoms with Crippen LogP contribution in [0.15, 0.2) is 12.7 Å². The molecule has 0 radical (unpaired) electrons. The number of aliphatic hydroxyl groups excluding tert-OH is 1. The van der Waals surface area contributed by atoms with Crippen LogP contribution in [0.2, 0.25) is 0 Å². The number of unbranched alkanes of at least 4 members (excludes halogenated alkanes) is 6. The third kappa shape index (κ3) is 12.6. The largest absolute Gasteiger partial charge is 0.412 e. The lowest BCUT2D eigenvalue weighted by atomic mass is 10.1. The molecule has 0 aliphatic heterocycles. The minimum Gasteiger partial charge on any atom is -0.412 e.